The molecule has 1 N–H and O–H groups in total. The zero-order valence-corrected chi connectivity index (χ0v) is 14.4. The minimum atomic E-state index is -0.880. The smallest absolute Gasteiger partial charge is 0.226 e. The lowest BCUT2D eigenvalue weighted by Gasteiger charge is -2.22. The molecule has 0 aliphatic rings. The molecule has 136 valence electrons. The van der Waals surface area contributed by atoms with Gasteiger partial charge in [-0.15, -0.1) is 0 Å². The maximum atomic E-state index is 13.9. The van der Waals surface area contributed by atoms with Gasteiger partial charge in [0, 0.05) is 31.1 Å². The second-order valence-corrected chi connectivity index (χ2v) is 5.68. The molecule has 0 aliphatic heterocycles. The quantitative estimate of drug-likeness (QED) is 0.801. The highest BCUT2D eigenvalue weighted by atomic mass is 19.1. The third kappa shape index (κ3) is 4.72. The molecule has 7 heteroatoms. The van der Waals surface area contributed by atoms with E-state index in [9.17, 15) is 23.2 Å². The van der Waals surface area contributed by atoms with Crippen molar-refractivity contribution in [2.45, 2.75) is 20.3 Å². The van der Waals surface area contributed by atoms with Crippen LogP contribution in [-0.4, -0.2) is 24.1 Å². The van der Waals surface area contributed by atoms with Crippen molar-refractivity contribution in [2.75, 3.05) is 16.8 Å². The van der Waals surface area contributed by atoms with Crippen LogP contribution in [0.3, 0.4) is 0 Å². The molecule has 2 amide bonds. The van der Waals surface area contributed by atoms with E-state index in [1.807, 2.05) is 0 Å². The van der Waals surface area contributed by atoms with Crippen LogP contribution in [-0.2, 0) is 9.59 Å². The van der Waals surface area contributed by atoms with Crippen LogP contribution < -0.4 is 10.2 Å². The summed E-state index contributed by atoms with van der Waals surface area (Å²) in [6.45, 7) is 2.39. The molecule has 0 spiro atoms. The summed E-state index contributed by atoms with van der Waals surface area (Å²) < 4.78 is 27.8. The Morgan fingerprint density at radius 3 is 2.19 bits per heavy atom. The van der Waals surface area contributed by atoms with Crippen LogP contribution in [0, 0.1) is 11.6 Å². The van der Waals surface area contributed by atoms with Gasteiger partial charge in [0.15, 0.2) is 5.78 Å². The number of carbonyl (C=O) groups is 3. The largest absolute Gasteiger partial charge is 0.326 e. The minimum absolute atomic E-state index is 0.140. The zero-order chi connectivity index (χ0) is 19.3. The Balaban J connectivity index is 2.08. The third-order valence-corrected chi connectivity index (χ3v) is 3.70. The highest BCUT2D eigenvalue weighted by Crippen LogP contribution is 2.23. The van der Waals surface area contributed by atoms with Gasteiger partial charge in [0.05, 0.1) is 0 Å². The Labute approximate surface area is 149 Å². The lowest BCUT2D eigenvalue weighted by atomic mass is 10.1. The van der Waals surface area contributed by atoms with Gasteiger partial charge in [0.2, 0.25) is 11.8 Å². The van der Waals surface area contributed by atoms with Crippen molar-refractivity contribution in [3.8, 4) is 0 Å². The Kier molecular flexibility index (Phi) is 6.16. The summed E-state index contributed by atoms with van der Waals surface area (Å²) in [5.41, 5.74) is 0.391. The van der Waals surface area contributed by atoms with E-state index in [1.54, 1.807) is 18.2 Å². The molecule has 26 heavy (non-hydrogen) atoms. The first-order valence-electron chi connectivity index (χ1n) is 7.92. The summed E-state index contributed by atoms with van der Waals surface area (Å²) in [5.74, 6) is -2.93. The predicted molar refractivity (Wildman–Crippen MR) is 94.1 cm³/mol. The molecule has 0 saturated carbocycles. The molecule has 0 bridgehead atoms. The highest BCUT2D eigenvalue weighted by Gasteiger charge is 2.21. The predicted octanol–water partition coefficient (Wildman–Crippen LogP) is 3.55. The summed E-state index contributed by atoms with van der Waals surface area (Å²) in [4.78, 5) is 36.1. The number of rotatable bonds is 6. The van der Waals surface area contributed by atoms with E-state index in [1.165, 1.54) is 26.0 Å². The van der Waals surface area contributed by atoms with E-state index < -0.39 is 29.1 Å². The standard InChI is InChI=1S/C19H18F2N2O3/c1-12(24)14-5-3-6-15(11-14)22-18(26)9-10-23(13(2)25)19-16(20)7-4-8-17(19)21/h3-8,11H,9-10H2,1-2H3,(H,22,26). The fourth-order valence-electron chi connectivity index (χ4n) is 2.43. The van der Waals surface area contributed by atoms with Crippen molar-refractivity contribution in [3.63, 3.8) is 0 Å². The highest BCUT2D eigenvalue weighted by molar-refractivity contribution is 5.98. The number of halogens is 2. The van der Waals surface area contributed by atoms with E-state index in [0.717, 1.165) is 17.0 Å². The van der Waals surface area contributed by atoms with Gasteiger partial charge in [-0.25, -0.2) is 8.78 Å². The van der Waals surface area contributed by atoms with Crippen molar-refractivity contribution < 1.29 is 23.2 Å². The van der Waals surface area contributed by atoms with E-state index in [-0.39, 0.29) is 18.7 Å². The van der Waals surface area contributed by atoms with Crippen molar-refractivity contribution in [3.05, 3.63) is 59.7 Å². The number of para-hydroxylation sites is 1. The van der Waals surface area contributed by atoms with Gasteiger partial charge >= 0.3 is 0 Å². The minimum Gasteiger partial charge on any atom is -0.326 e. The van der Waals surface area contributed by atoms with Gasteiger partial charge in [0.25, 0.3) is 0 Å². The second kappa shape index (κ2) is 8.33. The Morgan fingerprint density at radius 1 is 1.00 bits per heavy atom. The summed E-state index contributed by atoms with van der Waals surface area (Å²) in [6.07, 6.45) is -0.169. The van der Waals surface area contributed by atoms with Gasteiger partial charge in [-0.1, -0.05) is 18.2 Å². The van der Waals surface area contributed by atoms with Crippen molar-refractivity contribution in [1.82, 2.24) is 0 Å². The number of nitrogens with zero attached hydrogens (tertiary/aromatic N) is 1. The number of hydrogen-bond acceptors (Lipinski definition) is 3. The molecule has 2 aromatic carbocycles. The summed E-state index contributed by atoms with van der Waals surface area (Å²) in [6, 6.07) is 9.67. The average molecular weight is 360 g/mol. The Hall–Kier alpha value is -3.09. The van der Waals surface area contributed by atoms with Crippen molar-refractivity contribution >= 4 is 29.0 Å². The molecule has 0 fully saturated rings. The van der Waals surface area contributed by atoms with E-state index in [4.69, 9.17) is 0 Å². The third-order valence-electron chi connectivity index (χ3n) is 3.70. The molecule has 0 heterocycles. The van der Waals surface area contributed by atoms with Gasteiger partial charge in [-0.3, -0.25) is 14.4 Å². The number of hydrogen-bond donors (Lipinski definition) is 1. The molecule has 5 nitrogen and oxygen atoms in total. The van der Waals surface area contributed by atoms with E-state index >= 15 is 0 Å². The number of ketones is 1. The molecule has 0 unspecified atom stereocenters. The van der Waals surface area contributed by atoms with Gasteiger partial charge in [-0.05, 0) is 31.2 Å². The number of amides is 2. The number of nitrogens with one attached hydrogen (secondary N) is 1. The molecule has 0 aromatic heterocycles. The number of Topliss-reactive ketones (excluding diaryl/α,β-unsaturated/α-hetero) is 1. The number of carbonyl (C=O) groups excluding carboxylic acids is 3. The normalized spacial score (nSPS) is 10.3. The van der Waals surface area contributed by atoms with Crippen LogP contribution in [0.4, 0.5) is 20.2 Å². The molecule has 0 saturated heterocycles. The zero-order valence-electron chi connectivity index (χ0n) is 14.4. The first-order valence-corrected chi connectivity index (χ1v) is 7.92. The summed E-state index contributed by atoms with van der Waals surface area (Å²) in [7, 11) is 0. The first kappa shape index (κ1) is 19.2. The lowest BCUT2D eigenvalue weighted by molar-refractivity contribution is -0.117. The van der Waals surface area contributed by atoms with Crippen LogP contribution >= 0.6 is 0 Å². The molecule has 0 radical (unpaired) electrons. The second-order valence-electron chi connectivity index (χ2n) is 5.68. The van der Waals surface area contributed by atoms with Gasteiger partial charge in [0.1, 0.15) is 17.3 Å². The molecular formula is C19H18F2N2O3. The first-order chi connectivity index (χ1) is 12.3. The number of anilines is 2. The Morgan fingerprint density at radius 2 is 1.62 bits per heavy atom. The van der Waals surface area contributed by atoms with Gasteiger partial charge in [-0.2, -0.15) is 0 Å². The fraction of sp³-hybridized carbons (Fsp3) is 0.211. The molecule has 2 aromatic rings. The average Bonchev–Trinajstić information content (AvgIpc) is 2.57. The molecule has 2 rings (SSSR count). The summed E-state index contributed by atoms with van der Waals surface area (Å²) in [5, 5.41) is 2.60. The van der Waals surface area contributed by atoms with Crippen molar-refractivity contribution in [1.29, 1.82) is 0 Å². The lowest BCUT2D eigenvalue weighted by Crippen LogP contribution is -2.33. The van der Waals surface area contributed by atoms with Crippen LogP contribution in [0.15, 0.2) is 42.5 Å². The number of benzene rings is 2. The SMILES string of the molecule is CC(=O)c1cccc(NC(=O)CCN(C(C)=O)c2c(F)cccc2F)c1. The van der Waals surface area contributed by atoms with Crippen LogP contribution in [0.5, 0.6) is 0 Å². The van der Waals surface area contributed by atoms with Gasteiger partial charge < -0.3 is 10.2 Å². The van der Waals surface area contributed by atoms with Crippen LogP contribution in [0.2, 0.25) is 0 Å². The maximum Gasteiger partial charge on any atom is 0.226 e. The van der Waals surface area contributed by atoms with E-state index in [2.05, 4.69) is 5.32 Å². The fourth-order valence-corrected chi connectivity index (χ4v) is 2.43. The van der Waals surface area contributed by atoms with E-state index in [0.29, 0.717) is 11.3 Å². The van der Waals surface area contributed by atoms with Crippen LogP contribution in [0.1, 0.15) is 30.6 Å². The topological polar surface area (TPSA) is 66.5 Å². The summed E-state index contributed by atoms with van der Waals surface area (Å²) >= 11 is 0. The molecule has 0 atom stereocenters. The molecule has 0 aliphatic carbocycles. The van der Waals surface area contributed by atoms with Crippen molar-refractivity contribution in [2.24, 2.45) is 0 Å². The monoisotopic (exact) mass is 360 g/mol. The Bertz CT molecular complexity index is 832. The van der Waals surface area contributed by atoms with Crippen LogP contribution in [0.25, 0.3) is 0 Å². The molecular weight excluding hydrogens is 342 g/mol. The maximum absolute atomic E-state index is 13.9.